The van der Waals surface area contributed by atoms with E-state index in [2.05, 4.69) is 0 Å². The van der Waals surface area contributed by atoms with Gasteiger partial charge in [-0.1, -0.05) is 0 Å². The zero-order valence-corrected chi connectivity index (χ0v) is 11.1. The van der Waals surface area contributed by atoms with Gasteiger partial charge in [-0.15, -0.1) is 0 Å². The van der Waals surface area contributed by atoms with Crippen molar-refractivity contribution in [1.29, 1.82) is 0 Å². The van der Waals surface area contributed by atoms with Crippen LogP contribution in [-0.2, 0) is 75.3 Å². The summed E-state index contributed by atoms with van der Waals surface area (Å²) in [7, 11) is 0. The van der Waals surface area contributed by atoms with Crippen LogP contribution in [0.25, 0.3) is 0 Å². The third kappa shape index (κ3) is 486. The molecule has 0 amide bonds. The van der Waals surface area contributed by atoms with Gasteiger partial charge in [0.2, 0.25) is 0 Å². The molecule has 0 aliphatic rings. The average Bonchev–Trinajstić information content (AvgIpc) is 1.12. The standard InChI is InChI=1S/Co.2Li.2Mn.Ni.8O/q;2*+1;;;+2;;;;;4*-1. The molecule has 1 radical (unpaired) electrons. The number of hydrogen-bond acceptors (Lipinski definition) is 8. The van der Waals surface area contributed by atoms with Gasteiger partial charge in [0.25, 0.3) is 0 Å². The van der Waals surface area contributed by atoms with E-state index in [-0.39, 0.29) is 71.0 Å². The minimum absolute atomic E-state index is 0. The molecule has 0 spiro atoms. The van der Waals surface area contributed by atoms with Crippen molar-refractivity contribution in [2.75, 3.05) is 0 Å². The summed E-state index contributed by atoms with van der Waals surface area (Å²) in [5, 5.41) is 0. The maximum absolute atomic E-state index is 8.58. The fraction of sp³-hybridized carbons (Fsp3) is 0. The van der Waals surface area contributed by atoms with Gasteiger partial charge in [0, 0.05) is 16.8 Å². The fourth-order valence-electron chi connectivity index (χ4n) is 0. The first-order chi connectivity index (χ1) is 4.00. The van der Waals surface area contributed by atoms with E-state index in [0.29, 0.717) is 0 Å². The molecule has 8 nitrogen and oxygen atoms in total. The Labute approximate surface area is 128 Å². The van der Waals surface area contributed by atoms with Crippen LogP contribution in [-0.4, -0.2) is 0 Å². The van der Waals surface area contributed by atoms with Gasteiger partial charge in [-0.3, -0.25) is 0 Å². The van der Waals surface area contributed by atoms with Crippen LogP contribution in [0.2, 0.25) is 0 Å². The van der Waals surface area contributed by atoms with Crippen LogP contribution < -0.4 is 54.5 Å². The van der Waals surface area contributed by atoms with Gasteiger partial charge in [-0.2, -0.15) is 0 Å². The molecule has 0 aromatic carbocycles. The van der Waals surface area contributed by atoms with Crippen molar-refractivity contribution in [1.82, 2.24) is 0 Å². The van der Waals surface area contributed by atoms with E-state index in [1.54, 1.807) is 0 Å². The van der Waals surface area contributed by atoms with Crippen molar-refractivity contribution in [3.63, 3.8) is 0 Å². The Morgan fingerprint density at radius 1 is 0.643 bits per heavy atom. The Balaban J connectivity index is -0.0000000178. The van der Waals surface area contributed by atoms with Crippen LogP contribution in [0.15, 0.2) is 0 Å². The van der Waals surface area contributed by atoms with Crippen molar-refractivity contribution in [3.05, 3.63) is 0 Å². The zero-order chi connectivity index (χ0) is 9.00. The quantitative estimate of drug-likeness (QED) is 0.380. The summed E-state index contributed by atoms with van der Waals surface area (Å²) in [4.78, 5) is 0. The monoisotopic (exact) mass is 369 g/mol. The van der Waals surface area contributed by atoms with Crippen molar-refractivity contribution in [2.45, 2.75) is 0 Å². The van der Waals surface area contributed by atoms with E-state index in [1.165, 1.54) is 0 Å². The van der Waals surface area contributed by atoms with Crippen LogP contribution in [0.4, 0.5) is 0 Å². The summed E-state index contributed by atoms with van der Waals surface area (Å²) in [6.07, 6.45) is 0. The molecule has 0 saturated heterocycles. The van der Waals surface area contributed by atoms with E-state index in [9.17, 15) is 0 Å². The summed E-state index contributed by atoms with van der Waals surface area (Å²) >= 11 is -11.2. The summed E-state index contributed by atoms with van der Waals surface area (Å²) in [6.45, 7) is 0. The van der Waals surface area contributed by atoms with Gasteiger partial charge in [0.15, 0.2) is 0 Å². The molecule has 83 valence electrons. The Bertz CT molecular complexity index is 222. The van der Waals surface area contributed by atoms with Crippen molar-refractivity contribution in [2.24, 2.45) is 0 Å². The normalized spacial score (nSPS) is 8.29. The van der Waals surface area contributed by atoms with Gasteiger partial charge in [0.05, 0.1) is 0 Å². The Morgan fingerprint density at radius 2 is 0.643 bits per heavy atom. The van der Waals surface area contributed by atoms with Crippen molar-refractivity contribution in [3.8, 4) is 0 Å². The summed E-state index contributed by atoms with van der Waals surface area (Å²) in [5.74, 6) is 0. The van der Waals surface area contributed by atoms with Crippen LogP contribution >= 0.6 is 0 Å². The minimum atomic E-state index is -5.62. The van der Waals surface area contributed by atoms with Gasteiger partial charge in [-0.05, 0) is 0 Å². The van der Waals surface area contributed by atoms with E-state index in [1.807, 2.05) is 0 Å². The molecule has 0 aliphatic carbocycles. The predicted octanol–water partition coefficient (Wildman–Crippen LogP) is -11.2. The molecule has 0 aliphatic heterocycles. The third-order valence-corrected chi connectivity index (χ3v) is 0. The molecular formula is CoLi2Mn2NiO8. The van der Waals surface area contributed by atoms with Gasteiger partial charge >= 0.3 is 113 Å². The third-order valence-electron chi connectivity index (χ3n) is 0. The van der Waals surface area contributed by atoms with Crippen molar-refractivity contribution >= 4 is 0 Å². The first kappa shape index (κ1) is 36.0. The van der Waals surface area contributed by atoms with Gasteiger partial charge in [0.1, 0.15) is 0 Å². The second kappa shape index (κ2) is 15.3. The zero-order valence-electron chi connectivity index (χ0n) is 6.67. The van der Waals surface area contributed by atoms with Crippen LogP contribution in [0.5, 0.6) is 0 Å². The van der Waals surface area contributed by atoms with Crippen LogP contribution in [0.3, 0.4) is 0 Å². The molecule has 14 heteroatoms. The molecule has 0 aromatic rings. The second-order valence-corrected chi connectivity index (χ2v) is 3.12. The van der Waals surface area contributed by atoms with E-state index < -0.39 is 26.7 Å². The van der Waals surface area contributed by atoms with Crippen LogP contribution in [0.1, 0.15) is 0 Å². The topological polar surface area (TPSA) is 161 Å². The molecular weight excluding hydrogens is 369 g/mol. The van der Waals surface area contributed by atoms with E-state index >= 15 is 0 Å². The summed E-state index contributed by atoms with van der Waals surface area (Å²) in [5.41, 5.74) is 0. The van der Waals surface area contributed by atoms with Crippen LogP contribution in [0, 0.1) is 0 Å². The summed E-state index contributed by atoms with van der Waals surface area (Å²) < 4.78 is 68.6. The van der Waals surface area contributed by atoms with Crippen molar-refractivity contribution < 1.29 is 130 Å². The van der Waals surface area contributed by atoms with Gasteiger partial charge < -0.3 is 0 Å². The molecule has 0 aromatic heterocycles. The number of hydrogen-bond donors (Lipinski definition) is 0. The Morgan fingerprint density at radius 3 is 0.643 bits per heavy atom. The summed E-state index contributed by atoms with van der Waals surface area (Å²) in [6, 6.07) is 0. The second-order valence-electron chi connectivity index (χ2n) is 0.756. The molecule has 14 heavy (non-hydrogen) atoms. The maximum atomic E-state index is 8.58. The molecule has 0 rings (SSSR count). The Kier molecular flexibility index (Phi) is 39.2. The van der Waals surface area contributed by atoms with E-state index in [4.69, 9.17) is 32.1 Å². The molecule has 0 saturated carbocycles. The molecule has 0 N–H and O–H groups in total. The SMILES string of the molecule is [Co].[Li+].[Li+].[Ni+2].[O]=[Mn](=[O])([O-])[O-].[O]=[Mn](=[O])([O-])[O-]. The average molecular weight is 369 g/mol. The number of rotatable bonds is 0. The Hall–Kier alpha value is 2.27. The molecule has 0 atom stereocenters. The predicted molar refractivity (Wildman–Crippen MR) is 2.75 cm³/mol. The van der Waals surface area contributed by atoms with Gasteiger partial charge in [-0.25, -0.2) is 0 Å². The first-order valence-electron chi connectivity index (χ1n) is 1.23. The first-order valence-corrected chi connectivity index (χ1v) is 5.09. The molecule has 0 unspecified atom stereocenters. The van der Waals surface area contributed by atoms with E-state index in [0.717, 1.165) is 0 Å². The fourth-order valence-corrected chi connectivity index (χ4v) is 0. The molecule has 0 bridgehead atoms. The molecule has 0 fully saturated rings. The molecule has 0 heterocycles.